The van der Waals surface area contributed by atoms with E-state index in [2.05, 4.69) is 13.0 Å². The molecule has 2 aliphatic rings. The van der Waals surface area contributed by atoms with E-state index in [1.54, 1.807) is 0 Å². The van der Waals surface area contributed by atoms with Gasteiger partial charge in [-0.1, -0.05) is 24.6 Å². The van der Waals surface area contributed by atoms with Crippen molar-refractivity contribution in [1.82, 2.24) is 0 Å². The van der Waals surface area contributed by atoms with Crippen LogP contribution in [-0.2, 0) is 4.79 Å². The quantitative estimate of drug-likeness (QED) is 0.515. The van der Waals surface area contributed by atoms with Crippen molar-refractivity contribution in [3.63, 3.8) is 0 Å². The van der Waals surface area contributed by atoms with Crippen molar-refractivity contribution < 1.29 is 4.79 Å². The molecule has 0 aromatic carbocycles. The van der Waals surface area contributed by atoms with Crippen molar-refractivity contribution in [3.05, 3.63) is 23.3 Å². The third-order valence-corrected chi connectivity index (χ3v) is 2.60. The van der Waals surface area contributed by atoms with Crippen LogP contribution in [0.5, 0.6) is 0 Å². The molecule has 0 aromatic heterocycles. The van der Waals surface area contributed by atoms with E-state index in [-0.39, 0.29) is 0 Å². The molecule has 2 rings (SSSR count). The predicted molar refractivity (Wildman–Crippen MR) is 44.2 cm³/mol. The van der Waals surface area contributed by atoms with E-state index >= 15 is 0 Å². The molecule has 0 fully saturated rings. The van der Waals surface area contributed by atoms with Crippen LogP contribution >= 0.6 is 0 Å². The van der Waals surface area contributed by atoms with Crippen LogP contribution in [0, 0.1) is 5.92 Å². The number of carbonyl (C=O) groups excluding carboxylic acids is 1. The summed E-state index contributed by atoms with van der Waals surface area (Å²) in [7, 11) is 0. The number of hydrogen-bond acceptors (Lipinski definition) is 1. The highest BCUT2D eigenvalue weighted by atomic mass is 16.1. The van der Waals surface area contributed by atoms with E-state index in [4.69, 9.17) is 0 Å². The SMILES string of the molecule is CC1CC(=O)C2=C1CCC=C2. The van der Waals surface area contributed by atoms with E-state index < -0.39 is 0 Å². The molecule has 0 bridgehead atoms. The maximum atomic E-state index is 11.3. The molecule has 0 saturated heterocycles. The number of hydrogen-bond donors (Lipinski definition) is 0. The zero-order valence-electron chi connectivity index (χ0n) is 6.76. The van der Waals surface area contributed by atoms with Crippen molar-refractivity contribution in [1.29, 1.82) is 0 Å². The highest BCUT2D eigenvalue weighted by molar-refractivity contribution is 6.01. The fourth-order valence-electron chi connectivity index (χ4n) is 1.98. The summed E-state index contributed by atoms with van der Waals surface area (Å²) in [6, 6.07) is 0. The normalized spacial score (nSPS) is 29.5. The average Bonchev–Trinajstić information content (AvgIpc) is 2.30. The van der Waals surface area contributed by atoms with Crippen molar-refractivity contribution in [2.75, 3.05) is 0 Å². The van der Waals surface area contributed by atoms with Gasteiger partial charge < -0.3 is 0 Å². The van der Waals surface area contributed by atoms with Gasteiger partial charge in [0, 0.05) is 12.0 Å². The molecule has 2 aliphatic carbocycles. The van der Waals surface area contributed by atoms with Gasteiger partial charge in [0.15, 0.2) is 5.78 Å². The Kier molecular flexibility index (Phi) is 1.45. The van der Waals surface area contributed by atoms with Gasteiger partial charge in [0.1, 0.15) is 0 Å². The van der Waals surface area contributed by atoms with Crippen LogP contribution in [0.3, 0.4) is 0 Å². The second kappa shape index (κ2) is 2.33. The van der Waals surface area contributed by atoms with Crippen molar-refractivity contribution in [2.45, 2.75) is 26.2 Å². The molecular formula is C10H12O. The Bertz CT molecular complexity index is 258. The summed E-state index contributed by atoms with van der Waals surface area (Å²) in [5.74, 6) is 0.867. The van der Waals surface area contributed by atoms with Gasteiger partial charge in [-0.2, -0.15) is 0 Å². The molecule has 0 aromatic rings. The van der Waals surface area contributed by atoms with Crippen LogP contribution in [0.15, 0.2) is 23.3 Å². The molecule has 11 heavy (non-hydrogen) atoms. The Balaban J connectivity index is 2.41. The topological polar surface area (TPSA) is 17.1 Å². The highest BCUT2D eigenvalue weighted by Crippen LogP contribution is 2.35. The summed E-state index contributed by atoms with van der Waals surface area (Å²) in [6.45, 7) is 2.15. The van der Waals surface area contributed by atoms with Crippen LogP contribution in [0.1, 0.15) is 26.2 Å². The molecule has 1 unspecified atom stereocenters. The van der Waals surface area contributed by atoms with Crippen molar-refractivity contribution in [2.24, 2.45) is 5.92 Å². The minimum absolute atomic E-state index is 0.350. The third kappa shape index (κ3) is 0.953. The van der Waals surface area contributed by atoms with E-state index in [0.717, 1.165) is 24.8 Å². The molecule has 0 radical (unpaired) electrons. The lowest BCUT2D eigenvalue weighted by Gasteiger charge is -2.10. The van der Waals surface area contributed by atoms with Gasteiger partial charge in [-0.15, -0.1) is 0 Å². The molecule has 0 N–H and O–H groups in total. The third-order valence-electron chi connectivity index (χ3n) is 2.60. The minimum atomic E-state index is 0.350. The molecule has 0 heterocycles. The Morgan fingerprint density at radius 1 is 1.55 bits per heavy atom. The smallest absolute Gasteiger partial charge is 0.163 e. The molecule has 1 heteroatoms. The zero-order valence-corrected chi connectivity index (χ0v) is 6.76. The van der Waals surface area contributed by atoms with Crippen LogP contribution in [0.25, 0.3) is 0 Å². The van der Waals surface area contributed by atoms with Gasteiger partial charge >= 0.3 is 0 Å². The van der Waals surface area contributed by atoms with Gasteiger partial charge in [-0.3, -0.25) is 4.79 Å². The molecule has 0 saturated carbocycles. The van der Waals surface area contributed by atoms with Crippen LogP contribution in [-0.4, -0.2) is 5.78 Å². The largest absolute Gasteiger partial charge is 0.294 e. The average molecular weight is 148 g/mol. The van der Waals surface area contributed by atoms with Crippen LogP contribution in [0.2, 0.25) is 0 Å². The van der Waals surface area contributed by atoms with Gasteiger partial charge in [-0.05, 0) is 18.8 Å². The summed E-state index contributed by atoms with van der Waals surface area (Å²) in [5, 5.41) is 0. The first-order valence-corrected chi connectivity index (χ1v) is 4.22. The fourth-order valence-corrected chi connectivity index (χ4v) is 1.98. The van der Waals surface area contributed by atoms with Gasteiger partial charge in [0.05, 0.1) is 0 Å². The molecule has 1 atom stereocenters. The van der Waals surface area contributed by atoms with Gasteiger partial charge in [0.25, 0.3) is 0 Å². The summed E-state index contributed by atoms with van der Waals surface area (Å²) >= 11 is 0. The van der Waals surface area contributed by atoms with Crippen molar-refractivity contribution in [3.8, 4) is 0 Å². The molecule has 58 valence electrons. The zero-order chi connectivity index (χ0) is 7.84. The number of carbonyl (C=O) groups is 1. The van der Waals surface area contributed by atoms with Gasteiger partial charge in [0.2, 0.25) is 0 Å². The predicted octanol–water partition coefficient (Wildman–Crippen LogP) is 2.24. The number of rotatable bonds is 0. The van der Waals surface area contributed by atoms with Crippen LogP contribution in [0.4, 0.5) is 0 Å². The Hall–Kier alpha value is -0.850. The standard InChI is InChI=1S/C10H12O/c1-7-6-10(11)9-5-3-2-4-8(7)9/h3,5,7H,2,4,6H2,1H3. The van der Waals surface area contributed by atoms with E-state index in [1.165, 1.54) is 5.57 Å². The van der Waals surface area contributed by atoms with Crippen molar-refractivity contribution >= 4 is 5.78 Å². The Morgan fingerprint density at radius 2 is 2.36 bits per heavy atom. The number of ketones is 1. The Labute approximate surface area is 66.8 Å². The summed E-state index contributed by atoms with van der Waals surface area (Å²) < 4.78 is 0. The second-order valence-corrected chi connectivity index (χ2v) is 3.41. The first kappa shape index (κ1) is 6.84. The molecule has 0 spiro atoms. The highest BCUT2D eigenvalue weighted by Gasteiger charge is 2.27. The first-order valence-electron chi connectivity index (χ1n) is 4.22. The van der Waals surface area contributed by atoms with E-state index in [1.807, 2.05) is 6.08 Å². The van der Waals surface area contributed by atoms with Gasteiger partial charge in [-0.25, -0.2) is 0 Å². The lowest BCUT2D eigenvalue weighted by molar-refractivity contribution is -0.115. The Morgan fingerprint density at radius 3 is 3.09 bits per heavy atom. The van der Waals surface area contributed by atoms with E-state index in [9.17, 15) is 4.79 Å². The monoisotopic (exact) mass is 148 g/mol. The lowest BCUT2D eigenvalue weighted by atomic mass is 9.95. The summed E-state index contributed by atoms with van der Waals surface area (Å²) in [6.07, 6.45) is 7.09. The molecular weight excluding hydrogens is 136 g/mol. The second-order valence-electron chi connectivity index (χ2n) is 3.41. The number of allylic oxidation sites excluding steroid dienone is 4. The molecule has 0 aliphatic heterocycles. The summed E-state index contributed by atoms with van der Waals surface area (Å²) in [5.41, 5.74) is 2.42. The minimum Gasteiger partial charge on any atom is -0.294 e. The molecule has 1 nitrogen and oxygen atoms in total. The van der Waals surface area contributed by atoms with E-state index in [0.29, 0.717) is 11.7 Å². The maximum Gasteiger partial charge on any atom is 0.163 e. The molecule has 0 amide bonds. The van der Waals surface area contributed by atoms with Crippen LogP contribution < -0.4 is 0 Å². The fraction of sp³-hybridized carbons (Fsp3) is 0.500. The maximum absolute atomic E-state index is 11.3. The summed E-state index contributed by atoms with van der Waals surface area (Å²) in [4.78, 5) is 11.3. The first-order chi connectivity index (χ1) is 5.29. The lowest BCUT2D eigenvalue weighted by Crippen LogP contribution is -1.95. The number of Topliss-reactive ketones (excluding diaryl/α,β-unsaturated/α-hetero) is 1.